The topological polar surface area (TPSA) is 221 Å². The molecule has 66 heavy (non-hydrogen) atoms. The summed E-state index contributed by atoms with van der Waals surface area (Å²) in [4.78, 5) is 84.5. The second-order valence-corrected chi connectivity index (χ2v) is 18.5. The Labute approximate surface area is 381 Å². The van der Waals surface area contributed by atoms with Gasteiger partial charge in [-0.1, -0.05) is 92.7 Å². The van der Waals surface area contributed by atoms with Gasteiger partial charge in [-0.15, -0.1) is 0 Å². The Hall–Kier alpha value is -6.26. The molecular formula is C51H53NO14. The number of benzene rings is 4. The van der Waals surface area contributed by atoms with Crippen molar-refractivity contribution in [2.75, 3.05) is 6.61 Å². The Balaban J connectivity index is 1.29. The number of aliphatic hydroxyl groups excluding tert-OH is 2. The quantitative estimate of drug-likeness (QED) is 0.0947. The summed E-state index contributed by atoms with van der Waals surface area (Å²) in [6.45, 7) is 8.00. The summed E-state index contributed by atoms with van der Waals surface area (Å²) in [5.41, 5.74) is -7.06. The summed E-state index contributed by atoms with van der Waals surface area (Å²) in [6, 6.07) is 27.1. The SMILES string of the molecule is CC(=O)O[C@H]1C(=O)[C@]2(C)[C@@H](O)CC3OC[C@@]3(OC(C)=O)[C@H]2[C@H](OC(=O)c2ccccc2)[C@]2(O)C[C@H](OC(=O)[C@H](O)[C@H](NC(=O)c3ccccc3)c3cccc4ccccc34)C(C)=C1C2(C)C. The maximum Gasteiger partial charge on any atom is 0.338 e. The minimum atomic E-state index is -2.41. The van der Waals surface area contributed by atoms with Crippen LogP contribution in [0.4, 0.5) is 0 Å². The van der Waals surface area contributed by atoms with Crippen molar-refractivity contribution in [2.45, 2.75) is 108 Å². The van der Waals surface area contributed by atoms with Crippen LogP contribution in [0.1, 0.15) is 86.7 Å². The number of rotatable bonds is 10. The van der Waals surface area contributed by atoms with Gasteiger partial charge in [0.25, 0.3) is 5.91 Å². The van der Waals surface area contributed by atoms with Crippen molar-refractivity contribution in [2.24, 2.45) is 16.7 Å². The average molecular weight is 904 g/mol. The fourth-order valence-corrected chi connectivity index (χ4v) is 11.0. The van der Waals surface area contributed by atoms with Crippen LogP contribution in [0.25, 0.3) is 10.8 Å². The van der Waals surface area contributed by atoms with Crippen molar-refractivity contribution in [1.29, 1.82) is 0 Å². The zero-order valence-electron chi connectivity index (χ0n) is 37.4. The molecule has 1 heterocycles. The molecule has 346 valence electrons. The third kappa shape index (κ3) is 7.47. The Bertz CT molecular complexity index is 2620. The highest BCUT2D eigenvalue weighted by Crippen LogP contribution is 2.64. The number of carbonyl (C=O) groups is 6. The third-order valence-electron chi connectivity index (χ3n) is 14.5. The molecule has 1 saturated heterocycles. The zero-order chi connectivity index (χ0) is 47.5. The molecule has 2 saturated carbocycles. The fraction of sp³-hybridized carbons (Fsp3) is 0.412. The molecule has 4 aliphatic rings. The van der Waals surface area contributed by atoms with E-state index in [2.05, 4.69) is 5.32 Å². The smallest absolute Gasteiger partial charge is 0.338 e. The zero-order valence-corrected chi connectivity index (χ0v) is 37.4. The van der Waals surface area contributed by atoms with Gasteiger partial charge in [-0.05, 0) is 65.6 Å². The van der Waals surface area contributed by atoms with Crippen molar-refractivity contribution in [3.05, 3.63) is 131 Å². The van der Waals surface area contributed by atoms with Crippen LogP contribution in [0, 0.1) is 16.7 Å². The van der Waals surface area contributed by atoms with Crippen LogP contribution >= 0.6 is 0 Å². The molecule has 0 spiro atoms. The minimum absolute atomic E-state index is 0.00659. The van der Waals surface area contributed by atoms with Crippen LogP contribution in [0.15, 0.2) is 114 Å². The lowest BCUT2D eigenvalue weighted by atomic mass is 9.44. The van der Waals surface area contributed by atoms with E-state index in [0.29, 0.717) is 10.9 Å². The highest BCUT2D eigenvalue weighted by atomic mass is 16.6. The first-order valence-electron chi connectivity index (χ1n) is 21.9. The molecule has 4 aromatic rings. The van der Waals surface area contributed by atoms with E-state index >= 15 is 4.79 Å². The molecule has 11 atom stereocenters. The van der Waals surface area contributed by atoms with E-state index in [1.807, 2.05) is 18.2 Å². The fourth-order valence-electron chi connectivity index (χ4n) is 11.0. The van der Waals surface area contributed by atoms with Gasteiger partial charge in [0.1, 0.15) is 23.9 Å². The van der Waals surface area contributed by atoms with E-state index in [9.17, 15) is 39.3 Å². The number of aliphatic hydroxyl groups is 3. The Morgan fingerprint density at radius 3 is 2.05 bits per heavy atom. The summed E-state index contributed by atoms with van der Waals surface area (Å²) in [5, 5.41) is 42.3. The number of ether oxygens (including phenoxy) is 5. The van der Waals surface area contributed by atoms with E-state index < -0.39 is 113 Å². The van der Waals surface area contributed by atoms with Crippen LogP contribution in [0.2, 0.25) is 0 Å². The van der Waals surface area contributed by atoms with Crippen LogP contribution in [-0.2, 0) is 42.9 Å². The monoisotopic (exact) mass is 903 g/mol. The summed E-state index contributed by atoms with van der Waals surface area (Å²) in [7, 11) is 0. The summed E-state index contributed by atoms with van der Waals surface area (Å²) in [6.07, 6.45) is -10.6. The van der Waals surface area contributed by atoms with E-state index in [4.69, 9.17) is 23.7 Å². The molecule has 2 bridgehead atoms. The summed E-state index contributed by atoms with van der Waals surface area (Å²) in [5.74, 6) is -6.87. The second-order valence-electron chi connectivity index (χ2n) is 18.5. The van der Waals surface area contributed by atoms with Gasteiger partial charge in [-0.2, -0.15) is 0 Å². The summed E-state index contributed by atoms with van der Waals surface area (Å²) < 4.78 is 30.5. The maximum absolute atomic E-state index is 15.6. The normalized spacial score (nSPS) is 30.7. The van der Waals surface area contributed by atoms with Gasteiger partial charge in [-0.3, -0.25) is 19.2 Å². The Morgan fingerprint density at radius 1 is 0.803 bits per heavy atom. The molecule has 8 rings (SSSR count). The Morgan fingerprint density at radius 2 is 1.42 bits per heavy atom. The lowest BCUT2D eigenvalue weighted by Gasteiger charge is -2.67. The number of carbonyl (C=O) groups excluding carboxylic acids is 6. The molecule has 1 amide bonds. The predicted octanol–water partition coefficient (Wildman–Crippen LogP) is 4.89. The number of hydrogen-bond donors (Lipinski definition) is 4. The lowest BCUT2D eigenvalue weighted by molar-refractivity contribution is -0.346. The predicted molar refractivity (Wildman–Crippen MR) is 235 cm³/mol. The van der Waals surface area contributed by atoms with Gasteiger partial charge in [-0.25, -0.2) is 9.59 Å². The number of Topliss-reactive ketones (excluding diaryl/α,β-unsaturated/α-hetero) is 1. The second kappa shape index (κ2) is 17.2. The average Bonchev–Trinajstić information content (AvgIpc) is 3.29. The number of esters is 4. The van der Waals surface area contributed by atoms with Gasteiger partial charge in [0.05, 0.1) is 35.6 Å². The van der Waals surface area contributed by atoms with Gasteiger partial charge in [0.2, 0.25) is 0 Å². The molecule has 1 aliphatic heterocycles. The Kier molecular flexibility index (Phi) is 12.1. The van der Waals surface area contributed by atoms with E-state index in [1.54, 1.807) is 86.6 Å². The van der Waals surface area contributed by atoms with Gasteiger partial charge in [0.15, 0.2) is 23.6 Å². The molecule has 15 nitrogen and oxygen atoms in total. The first-order valence-corrected chi connectivity index (χ1v) is 21.9. The lowest BCUT2D eigenvalue weighted by Crippen LogP contribution is -2.82. The van der Waals surface area contributed by atoms with E-state index in [0.717, 1.165) is 19.2 Å². The highest BCUT2D eigenvalue weighted by molar-refractivity contribution is 5.97. The molecule has 0 radical (unpaired) electrons. The third-order valence-corrected chi connectivity index (χ3v) is 14.5. The number of amides is 1. The molecule has 3 fully saturated rings. The first kappa shape index (κ1) is 46.3. The molecule has 4 aromatic carbocycles. The number of nitrogens with one attached hydrogen (secondary N) is 1. The van der Waals surface area contributed by atoms with Crippen molar-refractivity contribution >= 4 is 46.3 Å². The summed E-state index contributed by atoms with van der Waals surface area (Å²) >= 11 is 0. The van der Waals surface area contributed by atoms with Crippen LogP contribution in [0.3, 0.4) is 0 Å². The molecule has 3 aliphatic carbocycles. The van der Waals surface area contributed by atoms with Crippen molar-refractivity contribution in [3.8, 4) is 0 Å². The maximum atomic E-state index is 15.6. The number of hydrogen-bond acceptors (Lipinski definition) is 14. The molecular weight excluding hydrogens is 851 g/mol. The van der Waals surface area contributed by atoms with Crippen LogP contribution in [0.5, 0.6) is 0 Å². The first-order chi connectivity index (χ1) is 31.3. The van der Waals surface area contributed by atoms with Crippen molar-refractivity contribution in [1.82, 2.24) is 5.32 Å². The number of ketones is 1. The van der Waals surface area contributed by atoms with E-state index in [-0.39, 0.29) is 35.3 Å². The van der Waals surface area contributed by atoms with Crippen molar-refractivity contribution < 1.29 is 67.8 Å². The molecule has 15 heteroatoms. The molecule has 4 N–H and O–H groups in total. The van der Waals surface area contributed by atoms with Gasteiger partial charge in [0, 0.05) is 37.7 Å². The van der Waals surface area contributed by atoms with Gasteiger partial charge >= 0.3 is 23.9 Å². The standard InChI is InChI=1S/C51H53NO14/c1-27-35(64-47(60)40(56)39(52-45(58)31-17-9-7-10-18-31)34-23-15-21-30-16-13-14-22-33(30)34)25-51(61)44(65-46(59)32-19-11-8-12-20-32)42-49(6,36(55)24-37-50(42,26-62-37)66-29(3)54)43(57)41(63-28(2)53)38(27)48(51,4)5/h7-23,35-37,39-42,44,55-56,61H,24-26H2,1-6H3,(H,52,58)/t35-,36-,37?,39+,40+,41+,42-,44-,49+,50-,51+/m0/s1. The van der Waals surface area contributed by atoms with Crippen molar-refractivity contribution in [3.63, 3.8) is 0 Å². The van der Waals surface area contributed by atoms with Crippen LogP contribution < -0.4 is 5.32 Å². The molecule has 0 aromatic heterocycles. The molecule has 1 unspecified atom stereocenters. The van der Waals surface area contributed by atoms with E-state index in [1.165, 1.54) is 26.0 Å². The highest BCUT2D eigenvalue weighted by Gasteiger charge is 2.78. The minimum Gasteiger partial charge on any atom is -0.456 e. The largest absolute Gasteiger partial charge is 0.456 e. The van der Waals surface area contributed by atoms with Gasteiger partial charge < -0.3 is 44.3 Å². The number of fused-ring (bicyclic) bond motifs is 6. The van der Waals surface area contributed by atoms with Crippen LogP contribution in [-0.4, -0.2) is 105 Å².